The molecule has 0 fully saturated rings. The van der Waals surface area contributed by atoms with Gasteiger partial charge in [0.15, 0.2) is 6.10 Å². The fourth-order valence-corrected chi connectivity index (χ4v) is 3.77. The number of esters is 1. The summed E-state index contributed by atoms with van der Waals surface area (Å²) in [7, 11) is 1.54. The van der Waals surface area contributed by atoms with Crippen molar-refractivity contribution < 1.29 is 14.3 Å². The maximum absolute atomic E-state index is 13.4. The van der Waals surface area contributed by atoms with Gasteiger partial charge in [-0.25, -0.2) is 4.79 Å². The minimum Gasteiger partial charge on any atom is -0.448 e. The number of hydrogen-bond donors (Lipinski definition) is 1. The molecule has 1 N–H and O–H groups in total. The lowest BCUT2D eigenvalue weighted by Crippen LogP contribution is -2.34. The van der Waals surface area contributed by atoms with Crippen LogP contribution < -0.4 is 10.9 Å². The van der Waals surface area contributed by atoms with Crippen LogP contribution in [-0.4, -0.2) is 27.5 Å². The zero-order valence-electron chi connectivity index (χ0n) is 18.3. The molecule has 2 heterocycles. The highest BCUT2D eigenvalue weighted by atomic mass is 16.5. The highest BCUT2D eigenvalue weighted by Crippen LogP contribution is 2.31. The molecule has 4 rings (SSSR count). The minimum atomic E-state index is -1.03. The number of fused-ring (bicyclic) bond motifs is 1. The van der Waals surface area contributed by atoms with Crippen LogP contribution in [-0.2, 0) is 16.6 Å². The summed E-state index contributed by atoms with van der Waals surface area (Å²) in [6, 6.07) is 19.8. The molecule has 2 aromatic carbocycles. The lowest BCUT2D eigenvalue weighted by Gasteiger charge is -2.20. The van der Waals surface area contributed by atoms with E-state index >= 15 is 0 Å². The van der Waals surface area contributed by atoms with Gasteiger partial charge in [-0.05, 0) is 35.6 Å². The average Bonchev–Trinajstić information content (AvgIpc) is 2.85. The van der Waals surface area contributed by atoms with Gasteiger partial charge in [-0.15, -0.1) is 0 Å². The Balaban J connectivity index is 1.77. The highest BCUT2D eigenvalue weighted by molar-refractivity contribution is 6.07. The van der Waals surface area contributed by atoms with Crippen molar-refractivity contribution in [3.8, 4) is 11.1 Å². The Bertz CT molecular complexity index is 1370. The molecule has 0 saturated carbocycles. The van der Waals surface area contributed by atoms with Gasteiger partial charge in [0.05, 0.1) is 0 Å². The van der Waals surface area contributed by atoms with Crippen molar-refractivity contribution in [2.75, 3.05) is 5.32 Å². The Morgan fingerprint density at radius 3 is 2.27 bits per heavy atom. The maximum Gasteiger partial charge on any atom is 0.356 e. The molecule has 7 heteroatoms. The van der Waals surface area contributed by atoms with E-state index in [1.165, 1.54) is 11.6 Å². The first-order chi connectivity index (χ1) is 16.0. The molecule has 7 nitrogen and oxygen atoms in total. The molecule has 0 saturated heterocycles. The minimum absolute atomic E-state index is 0.0973. The summed E-state index contributed by atoms with van der Waals surface area (Å²) in [6.07, 6.45) is 2.35. The van der Waals surface area contributed by atoms with E-state index in [2.05, 4.69) is 10.3 Å². The summed E-state index contributed by atoms with van der Waals surface area (Å²) in [6.45, 7) is 1.75. The van der Waals surface area contributed by atoms with Gasteiger partial charge >= 0.3 is 5.97 Å². The molecule has 166 valence electrons. The van der Waals surface area contributed by atoms with Crippen LogP contribution >= 0.6 is 0 Å². The lowest BCUT2D eigenvalue weighted by atomic mass is 9.97. The second-order valence-corrected chi connectivity index (χ2v) is 7.53. The van der Waals surface area contributed by atoms with Crippen LogP contribution in [0.1, 0.15) is 23.8 Å². The quantitative estimate of drug-likeness (QED) is 0.454. The second kappa shape index (κ2) is 9.48. The smallest absolute Gasteiger partial charge is 0.356 e. The summed E-state index contributed by atoms with van der Waals surface area (Å²) in [5, 5.41) is 3.87. The van der Waals surface area contributed by atoms with Crippen LogP contribution in [0.4, 0.5) is 5.69 Å². The monoisotopic (exact) mass is 441 g/mol. The third-order valence-electron chi connectivity index (χ3n) is 5.42. The third-order valence-corrected chi connectivity index (χ3v) is 5.42. The first-order valence-corrected chi connectivity index (χ1v) is 10.6. The van der Waals surface area contributed by atoms with Crippen LogP contribution in [0.5, 0.6) is 0 Å². The number of hydrogen-bond acceptors (Lipinski definition) is 5. The predicted molar refractivity (Wildman–Crippen MR) is 127 cm³/mol. The Morgan fingerprint density at radius 2 is 1.61 bits per heavy atom. The molecule has 4 aromatic rings. The molecule has 0 radical (unpaired) electrons. The van der Waals surface area contributed by atoms with Gasteiger partial charge in [0.2, 0.25) is 0 Å². The van der Waals surface area contributed by atoms with Crippen molar-refractivity contribution in [3.05, 3.63) is 95.2 Å². The number of ether oxygens (including phenoxy) is 1. The van der Waals surface area contributed by atoms with Crippen LogP contribution in [0.15, 0.2) is 83.9 Å². The number of anilines is 1. The second-order valence-electron chi connectivity index (χ2n) is 7.53. The molecule has 1 amide bonds. The van der Waals surface area contributed by atoms with Crippen molar-refractivity contribution in [3.63, 3.8) is 0 Å². The Hall–Kier alpha value is -4.26. The van der Waals surface area contributed by atoms with Crippen molar-refractivity contribution in [1.29, 1.82) is 0 Å². The first kappa shape index (κ1) is 22.0. The topological polar surface area (TPSA) is 90.3 Å². The molecular formula is C26H23N3O4. The van der Waals surface area contributed by atoms with E-state index in [-0.39, 0.29) is 17.7 Å². The van der Waals surface area contributed by atoms with Crippen LogP contribution in [0.25, 0.3) is 21.9 Å². The Kier molecular flexibility index (Phi) is 6.31. The molecule has 0 aliphatic heterocycles. The molecule has 0 spiro atoms. The molecule has 0 aliphatic rings. The number of nitrogens with zero attached hydrogens (tertiary/aromatic N) is 2. The van der Waals surface area contributed by atoms with Crippen LogP contribution in [0.2, 0.25) is 0 Å². The van der Waals surface area contributed by atoms with E-state index in [4.69, 9.17) is 4.74 Å². The predicted octanol–water partition coefficient (Wildman–Crippen LogP) is 4.17. The van der Waals surface area contributed by atoms with E-state index < -0.39 is 18.0 Å². The van der Waals surface area contributed by atoms with Gasteiger partial charge in [0.25, 0.3) is 11.5 Å². The number of benzene rings is 2. The van der Waals surface area contributed by atoms with Gasteiger partial charge < -0.3 is 14.6 Å². The van der Waals surface area contributed by atoms with Crippen LogP contribution in [0, 0.1) is 0 Å². The number of amides is 1. The largest absolute Gasteiger partial charge is 0.448 e. The van der Waals surface area contributed by atoms with E-state index in [1.807, 2.05) is 42.5 Å². The van der Waals surface area contributed by atoms with Crippen molar-refractivity contribution in [1.82, 2.24) is 9.55 Å². The van der Waals surface area contributed by atoms with Gasteiger partial charge in [-0.2, -0.15) is 0 Å². The summed E-state index contributed by atoms with van der Waals surface area (Å²) in [4.78, 5) is 43.1. The summed E-state index contributed by atoms with van der Waals surface area (Å²) in [5.41, 5.74) is 1.69. The summed E-state index contributed by atoms with van der Waals surface area (Å²) >= 11 is 0. The van der Waals surface area contributed by atoms with Gasteiger partial charge in [-0.3, -0.25) is 14.6 Å². The molecule has 33 heavy (non-hydrogen) atoms. The fraction of sp³-hybridized carbons (Fsp3) is 0.154. The molecule has 1 atom stereocenters. The lowest BCUT2D eigenvalue weighted by molar-refractivity contribution is -0.124. The van der Waals surface area contributed by atoms with Crippen molar-refractivity contribution in [2.24, 2.45) is 7.05 Å². The number of carbonyl (C=O) groups excluding carboxylic acids is 2. The third kappa shape index (κ3) is 4.39. The standard InChI is InChI=1S/C26H23N3O4/c1-3-21(24(30)28-18-13-15-27-16-14-18)33-26(32)23-22(17-9-5-4-6-10-17)19-11-7-8-12-20(19)25(31)29(23)2/h4-16,21H,3H2,1-2H3,(H,27,28,30). The maximum atomic E-state index is 13.4. The summed E-state index contributed by atoms with van der Waals surface area (Å²) < 4.78 is 6.93. The number of rotatable bonds is 6. The molecule has 1 unspecified atom stereocenters. The van der Waals surface area contributed by atoms with Gasteiger partial charge in [-0.1, -0.05) is 55.5 Å². The zero-order chi connectivity index (χ0) is 23.4. The SMILES string of the molecule is CCC(OC(=O)c1c(-c2ccccc2)c2ccccc2c(=O)n1C)C(=O)Nc1ccncc1. The number of carbonyl (C=O) groups is 2. The number of aromatic nitrogens is 2. The van der Waals surface area contributed by atoms with Crippen molar-refractivity contribution >= 4 is 28.3 Å². The fourth-order valence-electron chi connectivity index (χ4n) is 3.77. The van der Waals surface area contributed by atoms with Crippen molar-refractivity contribution in [2.45, 2.75) is 19.4 Å². The Morgan fingerprint density at radius 1 is 0.970 bits per heavy atom. The van der Waals surface area contributed by atoms with E-state index in [0.29, 0.717) is 22.0 Å². The highest BCUT2D eigenvalue weighted by Gasteiger charge is 2.27. The van der Waals surface area contributed by atoms with Crippen LogP contribution in [0.3, 0.4) is 0 Å². The normalized spacial score (nSPS) is 11.7. The molecule has 0 aliphatic carbocycles. The number of nitrogens with one attached hydrogen (secondary N) is 1. The number of pyridine rings is 2. The molecule has 0 bridgehead atoms. The molecular weight excluding hydrogens is 418 g/mol. The Labute approximate surface area is 190 Å². The zero-order valence-corrected chi connectivity index (χ0v) is 18.3. The van der Waals surface area contributed by atoms with Gasteiger partial charge in [0, 0.05) is 36.1 Å². The van der Waals surface area contributed by atoms with Gasteiger partial charge in [0.1, 0.15) is 5.69 Å². The molecule has 2 aromatic heterocycles. The summed E-state index contributed by atoms with van der Waals surface area (Å²) in [5.74, 6) is -1.19. The van der Waals surface area contributed by atoms with E-state index in [9.17, 15) is 14.4 Å². The first-order valence-electron chi connectivity index (χ1n) is 10.6. The van der Waals surface area contributed by atoms with E-state index in [1.54, 1.807) is 43.6 Å². The van der Waals surface area contributed by atoms with E-state index in [0.717, 1.165) is 5.56 Å². The average molecular weight is 441 g/mol.